The average Bonchev–Trinajstić information content (AvgIpc) is 3.03. The molecule has 1 N–H and O–H groups in total. The molecule has 5 rings (SSSR count). The van der Waals surface area contributed by atoms with Crippen molar-refractivity contribution in [1.29, 1.82) is 0 Å². The van der Waals surface area contributed by atoms with Gasteiger partial charge in [-0.1, -0.05) is 12.1 Å². The Labute approximate surface area is 255 Å². The van der Waals surface area contributed by atoms with E-state index in [-0.39, 0.29) is 42.0 Å². The number of likely N-dealkylation sites (tertiary alicyclic amines) is 1. The maximum atomic E-state index is 13.4. The maximum absolute atomic E-state index is 13.4. The predicted octanol–water partition coefficient (Wildman–Crippen LogP) is 4.62. The standard InChI is InChI=1S/C31H41F3N4O6/c1-40-28-19-42-17-14-25(28)35-21-12-15-38(16-13-21)29(39)26-18-22(36-30(37-26)41-2)8-11-23-4-3-5-27(43-23)20-6-9-24(10-7-20)44-31(32,33)34/h6-7,9-10,18,21,23,25,27-28,35H,3-5,8,11-17,19H2,1-2H3/t23-,25+,27+,28-/m1/s1. The molecule has 0 saturated carbocycles. The zero-order valence-electron chi connectivity index (χ0n) is 25.2. The molecule has 4 atom stereocenters. The number of nitrogens with one attached hydrogen (secondary N) is 1. The molecule has 3 saturated heterocycles. The van der Waals surface area contributed by atoms with Crippen LogP contribution < -0.4 is 14.8 Å². The summed E-state index contributed by atoms with van der Waals surface area (Å²) < 4.78 is 64.2. The van der Waals surface area contributed by atoms with Gasteiger partial charge in [0.25, 0.3) is 5.91 Å². The van der Waals surface area contributed by atoms with Gasteiger partial charge in [-0.05, 0) is 75.1 Å². The highest BCUT2D eigenvalue weighted by atomic mass is 19.4. The van der Waals surface area contributed by atoms with E-state index in [4.69, 9.17) is 18.9 Å². The highest BCUT2D eigenvalue weighted by Crippen LogP contribution is 2.34. The fourth-order valence-corrected chi connectivity index (χ4v) is 6.20. The van der Waals surface area contributed by atoms with Crippen molar-refractivity contribution in [3.8, 4) is 11.8 Å². The normalized spacial score (nSPS) is 25.1. The molecule has 1 amide bonds. The molecule has 44 heavy (non-hydrogen) atoms. The van der Waals surface area contributed by atoms with Crippen LogP contribution in [0.1, 0.15) is 72.8 Å². The van der Waals surface area contributed by atoms with Gasteiger partial charge in [0.15, 0.2) is 0 Å². The Bertz CT molecular complexity index is 1230. The smallest absolute Gasteiger partial charge is 0.467 e. The van der Waals surface area contributed by atoms with Crippen molar-refractivity contribution in [2.45, 2.75) is 88.1 Å². The largest absolute Gasteiger partial charge is 0.573 e. The van der Waals surface area contributed by atoms with Crippen LogP contribution in [0.3, 0.4) is 0 Å². The second-order valence-corrected chi connectivity index (χ2v) is 11.5. The summed E-state index contributed by atoms with van der Waals surface area (Å²) in [5, 5.41) is 3.71. The van der Waals surface area contributed by atoms with Gasteiger partial charge in [-0.3, -0.25) is 4.79 Å². The summed E-state index contributed by atoms with van der Waals surface area (Å²) >= 11 is 0. The number of aryl methyl sites for hydroxylation is 1. The summed E-state index contributed by atoms with van der Waals surface area (Å²) in [6.45, 7) is 2.56. The van der Waals surface area contributed by atoms with Gasteiger partial charge in [0, 0.05) is 44.6 Å². The Morgan fingerprint density at radius 2 is 1.84 bits per heavy atom. The molecule has 0 radical (unpaired) electrons. The van der Waals surface area contributed by atoms with Crippen LogP contribution in [0.25, 0.3) is 0 Å². The van der Waals surface area contributed by atoms with E-state index in [1.54, 1.807) is 25.3 Å². The minimum atomic E-state index is -4.73. The average molecular weight is 623 g/mol. The zero-order valence-corrected chi connectivity index (χ0v) is 25.2. The molecular formula is C31H41F3N4O6. The molecule has 1 aromatic carbocycles. The van der Waals surface area contributed by atoms with E-state index in [1.165, 1.54) is 19.2 Å². The first-order valence-corrected chi connectivity index (χ1v) is 15.3. The molecule has 4 heterocycles. The van der Waals surface area contributed by atoms with E-state index in [2.05, 4.69) is 20.0 Å². The van der Waals surface area contributed by atoms with Gasteiger partial charge >= 0.3 is 12.4 Å². The number of amides is 1. The highest BCUT2D eigenvalue weighted by molar-refractivity contribution is 5.92. The quantitative estimate of drug-likeness (QED) is 0.407. The third-order valence-electron chi connectivity index (χ3n) is 8.56. The molecule has 0 unspecified atom stereocenters. The van der Waals surface area contributed by atoms with E-state index < -0.39 is 6.36 Å². The van der Waals surface area contributed by atoms with E-state index in [1.807, 2.05) is 4.90 Å². The maximum Gasteiger partial charge on any atom is 0.573 e. The molecule has 3 aliphatic rings. The first kappa shape index (κ1) is 32.4. The zero-order chi connectivity index (χ0) is 31.1. The minimum absolute atomic E-state index is 0.0356. The van der Waals surface area contributed by atoms with Crippen molar-refractivity contribution < 1.29 is 41.7 Å². The Balaban J connectivity index is 1.14. The number of carbonyl (C=O) groups excluding carboxylic acids is 1. The molecule has 1 aromatic heterocycles. The van der Waals surface area contributed by atoms with Crippen LogP contribution in [-0.2, 0) is 20.6 Å². The molecule has 0 spiro atoms. The van der Waals surface area contributed by atoms with E-state index in [0.29, 0.717) is 50.0 Å². The first-order chi connectivity index (χ1) is 21.2. The lowest BCUT2D eigenvalue weighted by atomic mass is 9.96. The van der Waals surface area contributed by atoms with Crippen LogP contribution in [-0.4, -0.2) is 92.0 Å². The number of ether oxygens (including phenoxy) is 5. The van der Waals surface area contributed by atoms with Crippen molar-refractivity contribution in [2.24, 2.45) is 0 Å². The Hall–Kier alpha value is -3.00. The fourth-order valence-electron chi connectivity index (χ4n) is 6.20. The van der Waals surface area contributed by atoms with Crippen LogP contribution in [0.4, 0.5) is 13.2 Å². The number of aromatic nitrogens is 2. The number of hydrogen-bond acceptors (Lipinski definition) is 9. The van der Waals surface area contributed by atoms with Gasteiger partial charge in [-0.2, -0.15) is 4.98 Å². The topological polar surface area (TPSA) is 104 Å². The number of piperidine rings is 1. The molecule has 3 fully saturated rings. The fraction of sp³-hybridized carbons (Fsp3) is 0.645. The Morgan fingerprint density at radius 3 is 2.55 bits per heavy atom. The lowest BCUT2D eigenvalue weighted by Gasteiger charge is -2.38. The van der Waals surface area contributed by atoms with Crippen LogP contribution in [0.15, 0.2) is 30.3 Å². The van der Waals surface area contributed by atoms with Crippen molar-refractivity contribution in [3.05, 3.63) is 47.3 Å². The van der Waals surface area contributed by atoms with Crippen molar-refractivity contribution in [1.82, 2.24) is 20.2 Å². The molecule has 0 bridgehead atoms. The third-order valence-corrected chi connectivity index (χ3v) is 8.56. The van der Waals surface area contributed by atoms with Gasteiger partial charge in [0.2, 0.25) is 0 Å². The number of alkyl halides is 3. The summed E-state index contributed by atoms with van der Waals surface area (Å²) in [5.41, 5.74) is 1.82. The number of hydrogen-bond donors (Lipinski definition) is 1. The molecular weight excluding hydrogens is 581 g/mol. The van der Waals surface area contributed by atoms with Crippen molar-refractivity contribution in [3.63, 3.8) is 0 Å². The van der Waals surface area contributed by atoms with Crippen LogP contribution >= 0.6 is 0 Å². The lowest BCUT2D eigenvalue weighted by Crippen LogP contribution is -2.54. The monoisotopic (exact) mass is 622 g/mol. The lowest BCUT2D eigenvalue weighted by molar-refractivity contribution is -0.274. The SMILES string of the molecule is COc1nc(CC[C@H]2CCC[C@@H](c3ccc(OC(F)(F)F)cc3)O2)cc(C(=O)N2CCC(N[C@H]3CCOC[C@H]3OC)CC2)n1. The van der Waals surface area contributed by atoms with E-state index in [9.17, 15) is 18.0 Å². The number of rotatable bonds is 10. The number of halogens is 3. The minimum Gasteiger partial charge on any atom is -0.467 e. The molecule has 13 heteroatoms. The Kier molecular flexibility index (Phi) is 10.9. The van der Waals surface area contributed by atoms with Crippen molar-refractivity contribution >= 4 is 5.91 Å². The first-order valence-electron chi connectivity index (χ1n) is 15.3. The van der Waals surface area contributed by atoms with E-state index >= 15 is 0 Å². The van der Waals surface area contributed by atoms with Gasteiger partial charge in [0.05, 0.1) is 32.0 Å². The summed E-state index contributed by atoms with van der Waals surface area (Å²) in [4.78, 5) is 24.1. The van der Waals surface area contributed by atoms with Gasteiger partial charge in [-0.25, -0.2) is 4.98 Å². The number of methoxy groups -OCH3 is 2. The number of benzene rings is 1. The number of nitrogens with zero attached hydrogens (tertiary/aromatic N) is 3. The molecule has 3 aliphatic heterocycles. The Morgan fingerprint density at radius 1 is 1.07 bits per heavy atom. The summed E-state index contributed by atoms with van der Waals surface area (Å²) in [7, 11) is 3.19. The summed E-state index contributed by atoms with van der Waals surface area (Å²) in [5.74, 6) is -0.397. The van der Waals surface area contributed by atoms with Gasteiger partial charge in [0.1, 0.15) is 11.4 Å². The van der Waals surface area contributed by atoms with E-state index in [0.717, 1.165) is 50.7 Å². The third kappa shape index (κ3) is 8.80. The second kappa shape index (κ2) is 14.9. The second-order valence-electron chi connectivity index (χ2n) is 11.5. The molecule has 242 valence electrons. The summed E-state index contributed by atoms with van der Waals surface area (Å²) in [6, 6.07) is 8.28. The molecule has 2 aromatic rings. The van der Waals surface area contributed by atoms with Gasteiger partial charge in [-0.15, -0.1) is 13.2 Å². The van der Waals surface area contributed by atoms with Crippen LogP contribution in [0, 0.1) is 0 Å². The van der Waals surface area contributed by atoms with Crippen molar-refractivity contribution in [2.75, 3.05) is 40.5 Å². The van der Waals surface area contributed by atoms with Crippen LogP contribution in [0.2, 0.25) is 0 Å². The highest BCUT2D eigenvalue weighted by Gasteiger charge is 2.32. The predicted molar refractivity (Wildman–Crippen MR) is 154 cm³/mol. The summed E-state index contributed by atoms with van der Waals surface area (Å²) in [6.07, 6.45) is 1.43. The molecule has 0 aliphatic carbocycles. The molecule has 10 nitrogen and oxygen atoms in total. The van der Waals surface area contributed by atoms with Crippen LogP contribution in [0.5, 0.6) is 11.8 Å². The number of carbonyl (C=O) groups is 1. The van der Waals surface area contributed by atoms with Gasteiger partial charge < -0.3 is 33.9 Å².